The normalized spacial score (nSPS) is 10.3. The van der Waals surface area contributed by atoms with Gasteiger partial charge in [0, 0.05) is 43.2 Å². The van der Waals surface area contributed by atoms with E-state index in [9.17, 15) is 10.1 Å². The topological polar surface area (TPSA) is 73.0 Å². The van der Waals surface area contributed by atoms with Gasteiger partial charge >= 0.3 is 0 Å². The molecule has 6 heteroatoms. The van der Waals surface area contributed by atoms with Crippen LogP contribution in [0.4, 0.5) is 5.69 Å². The van der Waals surface area contributed by atoms with Crippen molar-refractivity contribution in [2.45, 2.75) is 13.1 Å². The van der Waals surface area contributed by atoms with Gasteiger partial charge in [-0.25, -0.2) is 4.68 Å². The Bertz CT molecular complexity index is 592. The summed E-state index contributed by atoms with van der Waals surface area (Å²) in [7, 11) is 0. The van der Waals surface area contributed by atoms with Crippen molar-refractivity contribution in [3.8, 4) is 0 Å². The van der Waals surface area contributed by atoms with Crippen molar-refractivity contribution in [1.29, 1.82) is 0 Å². The zero-order valence-corrected chi connectivity index (χ0v) is 10.3. The maximum Gasteiger partial charge on any atom is 0.269 e. The number of nitrogens with one attached hydrogen (secondary N) is 1. The highest BCUT2D eigenvalue weighted by atomic mass is 16.6. The van der Waals surface area contributed by atoms with Crippen molar-refractivity contribution in [2.75, 3.05) is 0 Å². The summed E-state index contributed by atoms with van der Waals surface area (Å²) in [6, 6.07) is 6.59. The Morgan fingerprint density at radius 2 is 2.21 bits per heavy atom. The number of hydrogen-bond acceptors (Lipinski definition) is 4. The van der Waals surface area contributed by atoms with Crippen LogP contribution in [0, 0.1) is 10.1 Å². The number of nitrogens with zero attached hydrogens (tertiary/aromatic N) is 3. The van der Waals surface area contributed by atoms with Crippen molar-refractivity contribution < 1.29 is 4.92 Å². The molecule has 19 heavy (non-hydrogen) atoms. The molecule has 0 fully saturated rings. The molecule has 6 nitrogen and oxygen atoms in total. The van der Waals surface area contributed by atoms with Gasteiger partial charge in [0.1, 0.15) is 0 Å². The molecule has 0 spiro atoms. The second-order valence-corrected chi connectivity index (χ2v) is 4.04. The number of rotatable bonds is 6. The molecule has 0 saturated heterocycles. The summed E-state index contributed by atoms with van der Waals surface area (Å²) in [6.07, 6.45) is 5.24. The van der Waals surface area contributed by atoms with E-state index in [0.29, 0.717) is 13.1 Å². The van der Waals surface area contributed by atoms with E-state index < -0.39 is 4.92 Å². The van der Waals surface area contributed by atoms with Crippen LogP contribution in [0.3, 0.4) is 0 Å². The lowest BCUT2D eigenvalue weighted by atomic mass is 10.2. The standard InChI is InChI=1S/C13H14N4O2/c1-2-16-10-12(9-15-16)8-14-7-11-4-3-5-13(6-11)17(18)19/h2-6,9-10,14H,1,7-8H2. The second-order valence-electron chi connectivity index (χ2n) is 4.04. The summed E-state index contributed by atoms with van der Waals surface area (Å²) in [5, 5.41) is 17.9. The van der Waals surface area contributed by atoms with Gasteiger partial charge < -0.3 is 5.32 Å². The Morgan fingerprint density at radius 1 is 1.42 bits per heavy atom. The minimum absolute atomic E-state index is 0.110. The first-order chi connectivity index (χ1) is 9.19. The lowest BCUT2D eigenvalue weighted by molar-refractivity contribution is -0.384. The van der Waals surface area contributed by atoms with E-state index in [0.717, 1.165) is 11.1 Å². The SMILES string of the molecule is C=Cn1cc(CNCc2cccc([N+](=O)[O-])c2)cn1. The predicted octanol–water partition coefficient (Wildman–Crippen LogP) is 2.18. The van der Waals surface area contributed by atoms with Gasteiger partial charge in [-0.05, 0) is 5.56 Å². The Morgan fingerprint density at radius 3 is 2.89 bits per heavy atom. The van der Waals surface area contributed by atoms with Crippen LogP contribution in [0.1, 0.15) is 11.1 Å². The van der Waals surface area contributed by atoms with E-state index in [4.69, 9.17) is 0 Å². The van der Waals surface area contributed by atoms with Crippen molar-refractivity contribution in [3.05, 3.63) is 64.5 Å². The largest absolute Gasteiger partial charge is 0.308 e. The minimum atomic E-state index is -0.391. The van der Waals surface area contributed by atoms with Crippen molar-refractivity contribution in [3.63, 3.8) is 0 Å². The van der Waals surface area contributed by atoms with Crippen LogP contribution in [0.25, 0.3) is 6.20 Å². The molecule has 1 aromatic carbocycles. The average Bonchev–Trinajstić information content (AvgIpc) is 2.87. The van der Waals surface area contributed by atoms with Crippen LogP contribution in [0.2, 0.25) is 0 Å². The van der Waals surface area contributed by atoms with Gasteiger partial charge in [0.2, 0.25) is 0 Å². The lowest BCUT2D eigenvalue weighted by Gasteiger charge is -2.03. The summed E-state index contributed by atoms with van der Waals surface area (Å²) >= 11 is 0. The first-order valence-corrected chi connectivity index (χ1v) is 5.78. The molecule has 0 saturated carbocycles. The molecule has 2 rings (SSSR count). The fourth-order valence-corrected chi connectivity index (χ4v) is 1.70. The molecular weight excluding hydrogens is 244 g/mol. The van der Waals surface area contributed by atoms with Gasteiger partial charge in [-0.15, -0.1) is 0 Å². The van der Waals surface area contributed by atoms with Crippen LogP contribution in [-0.4, -0.2) is 14.7 Å². The highest BCUT2D eigenvalue weighted by Crippen LogP contribution is 2.12. The minimum Gasteiger partial charge on any atom is -0.308 e. The summed E-state index contributed by atoms with van der Waals surface area (Å²) in [6.45, 7) is 4.83. The molecule has 0 aliphatic heterocycles. The molecule has 0 radical (unpaired) electrons. The number of nitro groups is 1. The zero-order valence-electron chi connectivity index (χ0n) is 10.3. The summed E-state index contributed by atoms with van der Waals surface area (Å²) in [5.41, 5.74) is 2.02. The van der Waals surface area contributed by atoms with Crippen molar-refractivity contribution in [2.24, 2.45) is 0 Å². The number of aromatic nitrogens is 2. The molecule has 1 heterocycles. The highest BCUT2D eigenvalue weighted by molar-refractivity contribution is 5.34. The second kappa shape index (κ2) is 5.92. The molecular formula is C13H14N4O2. The highest BCUT2D eigenvalue weighted by Gasteiger charge is 2.05. The van der Waals surface area contributed by atoms with Gasteiger partial charge in [-0.3, -0.25) is 10.1 Å². The van der Waals surface area contributed by atoms with Crippen LogP contribution in [0.5, 0.6) is 0 Å². The Hall–Kier alpha value is -2.47. The van der Waals surface area contributed by atoms with Crippen LogP contribution in [-0.2, 0) is 13.1 Å². The molecule has 98 valence electrons. The van der Waals surface area contributed by atoms with E-state index in [1.807, 2.05) is 12.3 Å². The average molecular weight is 258 g/mol. The molecule has 2 aromatic rings. The third kappa shape index (κ3) is 3.49. The van der Waals surface area contributed by atoms with Crippen molar-refractivity contribution in [1.82, 2.24) is 15.1 Å². The Kier molecular flexibility index (Phi) is 4.04. The van der Waals surface area contributed by atoms with Crippen LogP contribution >= 0.6 is 0 Å². The van der Waals surface area contributed by atoms with E-state index in [-0.39, 0.29) is 5.69 Å². The summed E-state index contributed by atoms with van der Waals surface area (Å²) < 4.78 is 1.63. The van der Waals surface area contributed by atoms with Gasteiger partial charge in [0.05, 0.1) is 11.1 Å². The van der Waals surface area contributed by atoms with E-state index in [1.54, 1.807) is 29.2 Å². The van der Waals surface area contributed by atoms with Gasteiger partial charge in [-0.2, -0.15) is 5.10 Å². The summed E-state index contributed by atoms with van der Waals surface area (Å²) in [5.74, 6) is 0. The quantitative estimate of drug-likeness (QED) is 0.636. The van der Waals surface area contributed by atoms with Crippen LogP contribution in [0.15, 0.2) is 43.2 Å². The number of non-ortho nitro benzene ring substituents is 1. The van der Waals surface area contributed by atoms with E-state index >= 15 is 0 Å². The molecule has 0 aliphatic rings. The fraction of sp³-hybridized carbons (Fsp3) is 0.154. The lowest BCUT2D eigenvalue weighted by Crippen LogP contribution is -2.12. The van der Waals surface area contributed by atoms with E-state index in [2.05, 4.69) is 17.0 Å². The number of nitro benzene ring substituents is 1. The number of benzene rings is 1. The number of hydrogen-bond donors (Lipinski definition) is 1. The maximum atomic E-state index is 10.6. The molecule has 0 unspecified atom stereocenters. The third-order valence-electron chi connectivity index (χ3n) is 2.62. The van der Waals surface area contributed by atoms with Gasteiger partial charge in [0.15, 0.2) is 0 Å². The molecule has 1 aromatic heterocycles. The van der Waals surface area contributed by atoms with E-state index in [1.165, 1.54) is 6.07 Å². The monoisotopic (exact) mass is 258 g/mol. The molecule has 0 bridgehead atoms. The maximum absolute atomic E-state index is 10.6. The summed E-state index contributed by atoms with van der Waals surface area (Å²) in [4.78, 5) is 10.3. The molecule has 1 N–H and O–H groups in total. The van der Waals surface area contributed by atoms with Gasteiger partial charge in [0.25, 0.3) is 5.69 Å². The molecule has 0 atom stereocenters. The Labute approximate surface area is 110 Å². The predicted molar refractivity (Wildman–Crippen MR) is 72.3 cm³/mol. The van der Waals surface area contributed by atoms with Gasteiger partial charge in [-0.1, -0.05) is 18.7 Å². The third-order valence-corrected chi connectivity index (χ3v) is 2.62. The zero-order chi connectivity index (χ0) is 13.7. The molecule has 0 amide bonds. The smallest absolute Gasteiger partial charge is 0.269 e. The first-order valence-electron chi connectivity index (χ1n) is 5.78. The Balaban J connectivity index is 1.90. The van der Waals surface area contributed by atoms with Crippen molar-refractivity contribution >= 4 is 11.9 Å². The first kappa shape index (κ1) is 13.0. The van der Waals surface area contributed by atoms with Crippen LogP contribution < -0.4 is 5.32 Å². The fourth-order valence-electron chi connectivity index (χ4n) is 1.70. The molecule has 0 aliphatic carbocycles.